The average Bonchev–Trinajstić information content (AvgIpc) is 2.31. The Bertz CT molecular complexity index is 494. The lowest BCUT2D eigenvalue weighted by Crippen LogP contribution is -2.27. The second-order valence-corrected chi connectivity index (χ2v) is 4.12. The first kappa shape index (κ1) is 10.8. The summed E-state index contributed by atoms with van der Waals surface area (Å²) in [5.41, 5.74) is 0.652. The minimum Gasteiger partial charge on any atom is -0.870 e. The molecule has 1 aromatic heterocycles. The first-order chi connectivity index (χ1) is 7.75. The first-order valence-electron chi connectivity index (χ1n) is 4.71. The van der Waals surface area contributed by atoms with Crippen LogP contribution in [0, 0.1) is 0 Å². The molecule has 0 aliphatic carbocycles. The Kier molecular flexibility index (Phi) is 3.31. The molecular weight excluding hydrogens is 268 g/mol. The van der Waals surface area contributed by atoms with Crippen molar-refractivity contribution in [1.82, 2.24) is 4.98 Å². The zero-order chi connectivity index (χ0) is 11.4. The van der Waals surface area contributed by atoms with Crippen LogP contribution in [0.2, 0.25) is 0 Å². The van der Waals surface area contributed by atoms with Crippen LogP contribution in [-0.2, 0) is 0 Å². The van der Waals surface area contributed by atoms with Gasteiger partial charge in [0.15, 0.2) is 0 Å². The van der Waals surface area contributed by atoms with Gasteiger partial charge in [-0.15, -0.1) is 0 Å². The summed E-state index contributed by atoms with van der Waals surface area (Å²) in [5, 5.41) is 11.8. The molecule has 0 unspecified atom stereocenters. The van der Waals surface area contributed by atoms with Crippen molar-refractivity contribution in [3.63, 3.8) is 0 Å². The van der Waals surface area contributed by atoms with Gasteiger partial charge >= 0.3 is 0 Å². The van der Waals surface area contributed by atoms with Gasteiger partial charge in [-0.25, -0.2) is 4.57 Å². The second kappa shape index (κ2) is 4.90. The van der Waals surface area contributed by atoms with Crippen LogP contribution < -0.4 is 9.67 Å². The van der Waals surface area contributed by atoms with Gasteiger partial charge in [-0.3, -0.25) is 0 Å². The largest absolute Gasteiger partial charge is 0.870 e. The fourth-order valence-corrected chi connectivity index (χ4v) is 1.51. The highest BCUT2D eigenvalue weighted by Crippen LogP contribution is 2.13. The molecule has 0 radical (unpaired) electrons. The summed E-state index contributed by atoms with van der Waals surface area (Å²) in [7, 11) is 0. The van der Waals surface area contributed by atoms with Crippen molar-refractivity contribution in [1.29, 1.82) is 0 Å². The molecule has 0 fully saturated rings. The summed E-state index contributed by atoms with van der Waals surface area (Å²) in [5.74, 6) is -0.0505. The smallest absolute Gasteiger partial charge is 0.290 e. The van der Waals surface area contributed by atoms with Crippen LogP contribution in [0.4, 0.5) is 0 Å². The highest BCUT2D eigenvalue weighted by molar-refractivity contribution is 9.10. The number of benzene rings is 1. The maximum atomic E-state index is 11.8. The van der Waals surface area contributed by atoms with Gasteiger partial charge in [0.05, 0.1) is 12.4 Å². The molecule has 0 amide bonds. The number of halogens is 1. The molecule has 4 heteroatoms. The van der Waals surface area contributed by atoms with Crippen LogP contribution in [0.25, 0.3) is 12.0 Å². The van der Waals surface area contributed by atoms with Crippen molar-refractivity contribution in [3.05, 3.63) is 59.1 Å². The Morgan fingerprint density at radius 3 is 2.69 bits per heavy atom. The highest BCUT2D eigenvalue weighted by atomic mass is 79.9. The molecular formula is C12H9BrN2O. The molecule has 80 valence electrons. The number of hydrogen-bond acceptors (Lipinski definition) is 2. The Balaban J connectivity index is 2.28. The van der Waals surface area contributed by atoms with E-state index in [-0.39, 0.29) is 5.76 Å². The van der Waals surface area contributed by atoms with E-state index in [1.165, 1.54) is 6.20 Å². The monoisotopic (exact) mass is 276 g/mol. The van der Waals surface area contributed by atoms with Gasteiger partial charge in [0.25, 0.3) is 6.33 Å². The predicted octanol–water partition coefficient (Wildman–Crippen LogP) is 1.45. The van der Waals surface area contributed by atoms with Crippen molar-refractivity contribution in [2.45, 2.75) is 0 Å². The number of nitrogens with zero attached hydrogens (tertiary/aromatic N) is 2. The highest BCUT2D eigenvalue weighted by Gasteiger charge is 1.94. The fraction of sp³-hybridized carbons (Fsp3) is 0. The summed E-state index contributed by atoms with van der Waals surface area (Å²) in [6.07, 6.45) is 6.51. The summed E-state index contributed by atoms with van der Waals surface area (Å²) < 4.78 is 2.59. The minimum atomic E-state index is -0.0505. The van der Waals surface area contributed by atoms with E-state index in [0.717, 1.165) is 4.47 Å². The van der Waals surface area contributed by atoms with E-state index in [4.69, 9.17) is 0 Å². The first-order valence-corrected chi connectivity index (χ1v) is 5.50. The maximum absolute atomic E-state index is 11.8. The third-order valence-electron chi connectivity index (χ3n) is 2.03. The predicted molar refractivity (Wildman–Crippen MR) is 62.7 cm³/mol. The van der Waals surface area contributed by atoms with E-state index in [1.54, 1.807) is 41.5 Å². The lowest BCUT2D eigenvalue weighted by atomic mass is 10.2. The van der Waals surface area contributed by atoms with E-state index in [2.05, 4.69) is 20.9 Å². The van der Waals surface area contributed by atoms with E-state index in [9.17, 15) is 5.11 Å². The van der Waals surface area contributed by atoms with Gasteiger partial charge in [0.1, 0.15) is 6.20 Å². The van der Waals surface area contributed by atoms with Gasteiger partial charge in [-0.1, -0.05) is 38.8 Å². The molecule has 1 aromatic carbocycles. The average molecular weight is 277 g/mol. The molecule has 16 heavy (non-hydrogen) atoms. The quantitative estimate of drug-likeness (QED) is 0.615. The van der Waals surface area contributed by atoms with Crippen LogP contribution in [0.5, 0.6) is 0 Å². The number of hydrogen-bond donors (Lipinski definition) is 0. The molecule has 2 aromatic rings. The van der Waals surface area contributed by atoms with Crippen LogP contribution >= 0.6 is 15.9 Å². The van der Waals surface area contributed by atoms with Crippen LogP contribution in [-0.4, -0.2) is 4.98 Å². The summed E-state index contributed by atoms with van der Waals surface area (Å²) in [6.45, 7) is 0. The van der Waals surface area contributed by atoms with E-state index in [1.807, 2.05) is 12.1 Å². The maximum Gasteiger partial charge on any atom is 0.290 e. The van der Waals surface area contributed by atoms with E-state index >= 15 is 0 Å². The Labute approximate surface area is 102 Å². The molecule has 0 saturated heterocycles. The molecule has 0 saturated carbocycles. The van der Waals surface area contributed by atoms with Gasteiger partial charge in [-0.05, 0) is 17.7 Å². The molecule has 2 rings (SSSR count). The lowest BCUT2D eigenvalue weighted by Gasteiger charge is -2.10. The van der Waals surface area contributed by atoms with Crippen LogP contribution in [0.1, 0.15) is 5.56 Å². The second-order valence-electron chi connectivity index (χ2n) is 3.20. The molecule has 0 spiro atoms. The molecule has 0 bridgehead atoms. The Hall–Kier alpha value is -1.68. The number of aromatic nitrogens is 2. The number of rotatable bonds is 2. The van der Waals surface area contributed by atoms with Crippen LogP contribution in [0.15, 0.2) is 53.5 Å². The van der Waals surface area contributed by atoms with E-state index in [0.29, 0.717) is 5.56 Å². The van der Waals surface area contributed by atoms with Gasteiger partial charge < -0.3 is 5.11 Å². The van der Waals surface area contributed by atoms with Gasteiger partial charge in [0, 0.05) is 10.5 Å². The van der Waals surface area contributed by atoms with Crippen molar-refractivity contribution in [3.8, 4) is 0 Å². The zero-order valence-electron chi connectivity index (χ0n) is 8.38. The molecule has 0 aliphatic rings. The summed E-state index contributed by atoms with van der Waals surface area (Å²) in [4.78, 5) is 3.92. The van der Waals surface area contributed by atoms with Gasteiger partial charge in [0.2, 0.25) is 0 Å². The van der Waals surface area contributed by atoms with Crippen LogP contribution in [0.3, 0.4) is 0 Å². The van der Waals surface area contributed by atoms with Crippen molar-refractivity contribution in [2.75, 3.05) is 0 Å². The summed E-state index contributed by atoms with van der Waals surface area (Å²) >= 11 is 3.32. The topological polar surface area (TPSA) is 39.8 Å². The van der Waals surface area contributed by atoms with E-state index < -0.39 is 0 Å². The molecule has 1 heterocycles. The van der Waals surface area contributed by atoms with Gasteiger partial charge in [-0.2, -0.15) is 0 Å². The third-order valence-corrected chi connectivity index (χ3v) is 2.55. The standard InChI is InChI=1S/C12H9BrN2O/c13-11-4-2-10(3-5-11)12(16)8-15-7-1-6-14-9-15/h1-9H/b12-8-. The van der Waals surface area contributed by atoms with Crippen molar-refractivity contribution < 1.29 is 9.67 Å². The SMILES string of the molecule is [O-]/C(=C\[n+]1cccnc1)c1ccc(Br)cc1. The molecule has 0 N–H and O–H groups in total. The van der Waals surface area contributed by atoms with Crippen molar-refractivity contribution >= 4 is 27.9 Å². The zero-order valence-corrected chi connectivity index (χ0v) is 9.96. The minimum absolute atomic E-state index is 0.0505. The Morgan fingerprint density at radius 1 is 1.31 bits per heavy atom. The summed E-state index contributed by atoms with van der Waals surface area (Å²) in [6, 6.07) is 9.01. The molecule has 0 aliphatic heterocycles. The molecule has 0 atom stereocenters. The van der Waals surface area contributed by atoms with Crippen molar-refractivity contribution in [2.24, 2.45) is 0 Å². The fourth-order valence-electron chi connectivity index (χ4n) is 1.24. The third kappa shape index (κ3) is 2.67. The lowest BCUT2D eigenvalue weighted by molar-refractivity contribution is -0.573. The molecule has 3 nitrogen and oxygen atoms in total. The Morgan fingerprint density at radius 2 is 2.06 bits per heavy atom. The normalized spacial score (nSPS) is 11.4.